The van der Waals surface area contributed by atoms with Crippen LogP contribution in [0, 0.1) is 0 Å². The van der Waals surface area contributed by atoms with Gasteiger partial charge in [-0.25, -0.2) is 0 Å². The van der Waals surface area contributed by atoms with E-state index in [-0.39, 0.29) is 6.61 Å². The zero-order valence-corrected chi connectivity index (χ0v) is 6.27. The highest BCUT2D eigenvalue weighted by molar-refractivity contribution is 6.31. The maximum absolute atomic E-state index is 8.47. The molecule has 1 N–H and O–H groups in total. The van der Waals surface area contributed by atoms with Crippen LogP contribution in [0.15, 0.2) is 16.7 Å². The van der Waals surface area contributed by atoms with Crippen LogP contribution >= 0.6 is 11.6 Å². The molecule has 10 heavy (non-hydrogen) atoms. The maximum atomic E-state index is 8.47. The zero-order chi connectivity index (χ0) is 7.40. The number of halogens is 1. The average Bonchev–Trinajstić information content (AvgIpc) is 2.31. The Kier molecular flexibility index (Phi) is 2.78. The molecule has 1 aromatic heterocycles. The predicted octanol–water partition coefficient (Wildman–Crippen LogP) is 1.86. The number of hydrogen-bond acceptors (Lipinski definition) is 2. The smallest absolute Gasteiger partial charge is 0.122 e. The van der Waals surface area contributed by atoms with Crippen LogP contribution in [0.3, 0.4) is 0 Å². The van der Waals surface area contributed by atoms with Gasteiger partial charge < -0.3 is 9.52 Å². The van der Waals surface area contributed by atoms with Crippen molar-refractivity contribution in [1.29, 1.82) is 0 Å². The van der Waals surface area contributed by atoms with Crippen molar-refractivity contribution in [1.82, 2.24) is 0 Å². The molecule has 1 rings (SSSR count). The number of aryl methyl sites for hydroxylation is 1. The van der Waals surface area contributed by atoms with Crippen molar-refractivity contribution < 1.29 is 9.52 Å². The van der Waals surface area contributed by atoms with Gasteiger partial charge in [-0.3, -0.25) is 0 Å². The Labute approximate surface area is 64.4 Å². The fourth-order valence-electron chi connectivity index (χ4n) is 0.743. The molecule has 0 fully saturated rings. The van der Waals surface area contributed by atoms with E-state index in [0.717, 1.165) is 5.76 Å². The van der Waals surface area contributed by atoms with Gasteiger partial charge in [-0.15, -0.1) is 0 Å². The minimum Gasteiger partial charge on any atom is -0.468 e. The summed E-state index contributed by atoms with van der Waals surface area (Å²) in [6.45, 7) is 0.178. The minimum atomic E-state index is 0.178. The summed E-state index contributed by atoms with van der Waals surface area (Å²) < 4.78 is 5.02. The largest absolute Gasteiger partial charge is 0.468 e. The first-order valence-corrected chi connectivity index (χ1v) is 3.55. The summed E-state index contributed by atoms with van der Waals surface area (Å²) in [6, 6.07) is 1.70. The van der Waals surface area contributed by atoms with Crippen molar-refractivity contribution in [2.75, 3.05) is 6.61 Å². The van der Waals surface area contributed by atoms with Crippen molar-refractivity contribution in [3.8, 4) is 0 Å². The summed E-state index contributed by atoms with van der Waals surface area (Å²) in [4.78, 5) is 0. The highest BCUT2D eigenvalue weighted by Gasteiger charge is 2.01. The van der Waals surface area contributed by atoms with Gasteiger partial charge in [0, 0.05) is 13.0 Å². The number of hydrogen-bond donors (Lipinski definition) is 1. The molecule has 0 bridgehead atoms. The van der Waals surface area contributed by atoms with Crippen LogP contribution in [-0.4, -0.2) is 11.7 Å². The van der Waals surface area contributed by atoms with Crippen molar-refractivity contribution >= 4 is 11.6 Å². The van der Waals surface area contributed by atoms with E-state index in [9.17, 15) is 0 Å². The molecule has 0 radical (unpaired) electrons. The summed E-state index contributed by atoms with van der Waals surface area (Å²) in [5, 5.41) is 9.12. The number of aliphatic hydroxyl groups excluding tert-OH is 1. The van der Waals surface area contributed by atoms with E-state index in [0.29, 0.717) is 17.9 Å². The van der Waals surface area contributed by atoms with E-state index in [1.165, 1.54) is 0 Å². The second kappa shape index (κ2) is 3.64. The second-order valence-electron chi connectivity index (χ2n) is 2.02. The van der Waals surface area contributed by atoms with Gasteiger partial charge >= 0.3 is 0 Å². The molecule has 2 nitrogen and oxygen atoms in total. The maximum Gasteiger partial charge on any atom is 0.122 e. The zero-order valence-electron chi connectivity index (χ0n) is 5.51. The van der Waals surface area contributed by atoms with Gasteiger partial charge in [-0.1, -0.05) is 11.6 Å². The molecule has 0 amide bonds. The molecule has 0 saturated heterocycles. The molecular formula is C7H9ClO2. The summed E-state index contributed by atoms with van der Waals surface area (Å²) in [5.74, 6) is 0.760. The Balaban J connectivity index is 2.49. The van der Waals surface area contributed by atoms with Gasteiger partial charge in [0.05, 0.1) is 11.3 Å². The molecule has 0 aliphatic carbocycles. The van der Waals surface area contributed by atoms with E-state index < -0.39 is 0 Å². The van der Waals surface area contributed by atoms with Crippen LogP contribution in [0.2, 0.25) is 5.02 Å². The summed E-state index contributed by atoms with van der Waals surface area (Å²) in [7, 11) is 0. The van der Waals surface area contributed by atoms with Crippen molar-refractivity contribution in [3.05, 3.63) is 23.1 Å². The van der Waals surface area contributed by atoms with Gasteiger partial charge in [0.15, 0.2) is 0 Å². The topological polar surface area (TPSA) is 33.4 Å². The fourth-order valence-corrected chi connectivity index (χ4v) is 0.934. The molecule has 0 aromatic carbocycles. The molecule has 0 aliphatic rings. The Morgan fingerprint density at radius 3 is 2.90 bits per heavy atom. The molecular weight excluding hydrogens is 152 g/mol. The summed E-state index contributed by atoms with van der Waals surface area (Å²) >= 11 is 5.70. The lowest BCUT2D eigenvalue weighted by Crippen LogP contribution is -1.86. The normalized spacial score (nSPS) is 10.2. The van der Waals surface area contributed by atoms with Crippen LogP contribution in [0.1, 0.15) is 12.2 Å². The number of rotatable bonds is 3. The standard InChI is InChI=1S/C7H9ClO2/c8-6-3-5-10-7(6)2-1-4-9/h3,5,9H,1-2,4H2. The van der Waals surface area contributed by atoms with E-state index in [1.807, 2.05) is 0 Å². The lowest BCUT2D eigenvalue weighted by atomic mass is 10.3. The Morgan fingerprint density at radius 1 is 1.60 bits per heavy atom. The minimum absolute atomic E-state index is 0.178. The number of furan rings is 1. The number of aliphatic hydroxyl groups is 1. The molecule has 1 aromatic rings. The van der Waals surface area contributed by atoms with Crippen LogP contribution in [0.5, 0.6) is 0 Å². The van der Waals surface area contributed by atoms with Crippen molar-refractivity contribution in [3.63, 3.8) is 0 Å². The monoisotopic (exact) mass is 160 g/mol. The van der Waals surface area contributed by atoms with Gasteiger partial charge in [-0.05, 0) is 12.5 Å². The summed E-state index contributed by atoms with van der Waals surface area (Å²) in [6.07, 6.45) is 2.96. The van der Waals surface area contributed by atoms with Crippen molar-refractivity contribution in [2.45, 2.75) is 12.8 Å². The molecule has 1 heterocycles. The van der Waals surface area contributed by atoms with Crippen LogP contribution in [0.4, 0.5) is 0 Å². The SMILES string of the molecule is OCCCc1occc1Cl. The quantitative estimate of drug-likeness (QED) is 0.732. The predicted molar refractivity (Wildman–Crippen MR) is 39.1 cm³/mol. The lowest BCUT2D eigenvalue weighted by Gasteiger charge is -1.92. The molecule has 0 spiro atoms. The van der Waals surface area contributed by atoms with Gasteiger partial charge in [0.1, 0.15) is 5.76 Å². The highest BCUT2D eigenvalue weighted by atomic mass is 35.5. The lowest BCUT2D eigenvalue weighted by molar-refractivity contribution is 0.284. The van der Waals surface area contributed by atoms with E-state index in [2.05, 4.69) is 0 Å². The van der Waals surface area contributed by atoms with Gasteiger partial charge in [0.25, 0.3) is 0 Å². The third-order valence-electron chi connectivity index (χ3n) is 1.25. The molecule has 0 atom stereocenters. The van der Waals surface area contributed by atoms with Gasteiger partial charge in [0.2, 0.25) is 0 Å². The Hall–Kier alpha value is -0.470. The third-order valence-corrected chi connectivity index (χ3v) is 1.59. The first kappa shape index (κ1) is 7.63. The van der Waals surface area contributed by atoms with E-state index >= 15 is 0 Å². The highest BCUT2D eigenvalue weighted by Crippen LogP contribution is 2.17. The first-order valence-electron chi connectivity index (χ1n) is 3.17. The Morgan fingerprint density at radius 2 is 2.40 bits per heavy atom. The molecule has 0 aliphatic heterocycles. The molecule has 0 unspecified atom stereocenters. The van der Waals surface area contributed by atoms with Crippen molar-refractivity contribution in [2.24, 2.45) is 0 Å². The van der Waals surface area contributed by atoms with Gasteiger partial charge in [-0.2, -0.15) is 0 Å². The molecule has 0 saturated carbocycles. The summed E-state index contributed by atoms with van der Waals surface area (Å²) in [5.41, 5.74) is 0. The van der Waals surface area contributed by atoms with E-state index in [1.54, 1.807) is 12.3 Å². The van der Waals surface area contributed by atoms with E-state index in [4.69, 9.17) is 21.1 Å². The first-order chi connectivity index (χ1) is 4.84. The third kappa shape index (κ3) is 1.75. The molecule has 3 heteroatoms. The van der Waals surface area contributed by atoms with Crippen LogP contribution in [-0.2, 0) is 6.42 Å². The fraction of sp³-hybridized carbons (Fsp3) is 0.429. The second-order valence-corrected chi connectivity index (χ2v) is 2.43. The van der Waals surface area contributed by atoms with Crippen LogP contribution < -0.4 is 0 Å². The Bertz CT molecular complexity index is 195. The van der Waals surface area contributed by atoms with Crippen LogP contribution in [0.25, 0.3) is 0 Å². The molecule has 56 valence electrons. The average molecular weight is 161 g/mol.